The summed E-state index contributed by atoms with van der Waals surface area (Å²) in [6.45, 7) is 10.0. The summed E-state index contributed by atoms with van der Waals surface area (Å²) >= 11 is 0. The Kier molecular flexibility index (Phi) is 3.14. The zero-order chi connectivity index (χ0) is 15.3. The topological polar surface area (TPSA) is 62.1 Å². The van der Waals surface area contributed by atoms with Crippen molar-refractivity contribution in [2.75, 3.05) is 0 Å². The lowest BCUT2D eigenvalue weighted by molar-refractivity contribution is 0.00578. The van der Waals surface area contributed by atoms with Crippen molar-refractivity contribution in [3.63, 3.8) is 0 Å². The Morgan fingerprint density at radius 1 is 1.10 bits per heavy atom. The molecule has 0 bridgehead atoms. The molecule has 0 amide bonds. The summed E-state index contributed by atoms with van der Waals surface area (Å²) in [6.07, 6.45) is 6.98. The van der Waals surface area contributed by atoms with Gasteiger partial charge in [-0.2, -0.15) is 0 Å². The molecule has 6 nitrogen and oxygen atoms in total. The summed E-state index contributed by atoms with van der Waals surface area (Å²) in [5.41, 5.74) is 0.817. The molecule has 2 aromatic heterocycles. The molecule has 1 fully saturated rings. The first-order valence-corrected chi connectivity index (χ1v) is 6.97. The first kappa shape index (κ1) is 14.2. The van der Waals surface area contributed by atoms with Gasteiger partial charge in [0.15, 0.2) is 5.82 Å². The predicted octanol–water partition coefficient (Wildman–Crippen LogP) is 1.27. The van der Waals surface area contributed by atoms with Crippen LogP contribution in [0, 0.1) is 6.92 Å². The van der Waals surface area contributed by atoms with Crippen molar-refractivity contribution in [2.24, 2.45) is 0 Å². The third-order valence-corrected chi connectivity index (χ3v) is 4.11. The molecule has 0 spiro atoms. The van der Waals surface area contributed by atoms with Gasteiger partial charge in [-0.3, -0.25) is 9.55 Å². The predicted molar refractivity (Wildman–Crippen MR) is 79.6 cm³/mol. The largest absolute Gasteiger partial charge is 0.516 e. The summed E-state index contributed by atoms with van der Waals surface area (Å²) in [5, 5.41) is 0. The van der Waals surface area contributed by atoms with Crippen LogP contribution in [-0.2, 0) is 9.31 Å². The van der Waals surface area contributed by atoms with Crippen LogP contribution in [0.4, 0.5) is 0 Å². The van der Waals surface area contributed by atoms with Gasteiger partial charge in [0.2, 0.25) is 0 Å². The van der Waals surface area contributed by atoms with E-state index in [4.69, 9.17) is 9.31 Å². The zero-order valence-electron chi connectivity index (χ0n) is 13.0. The highest BCUT2D eigenvalue weighted by molar-refractivity contribution is 6.61. The van der Waals surface area contributed by atoms with Crippen molar-refractivity contribution in [1.82, 2.24) is 19.5 Å². The molecule has 7 heteroatoms. The summed E-state index contributed by atoms with van der Waals surface area (Å²) in [7, 11) is -0.507. The fourth-order valence-corrected chi connectivity index (χ4v) is 2.12. The number of rotatable bonds is 2. The van der Waals surface area contributed by atoms with Crippen molar-refractivity contribution in [1.29, 1.82) is 0 Å². The van der Waals surface area contributed by atoms with Crippen molar-refractivity contribution in [3.05, 3.63) is 30.6 Å². The molecule has 2 aromatic rings. The van der Waals surface area contributed by atoms with E-state index in [-0.39, 0.29) is 11.2 Å². The molecule has 110 valence electrons. The van der Waals surface area contributed by atoms with Crippen LogP contribution in [0.3, 0.4) is 0 Å². The van der Waals surface area contributed by atoms with Gasteiger partial charge < -0.3 is 9.31 Å². The van der Waals surface area contributed by atoms with E-state index in [1.807, 2.05) is 45.4 Å². The second kappa shape index (κ2) is 4.64. The van der Waals surface area contributed by atoms with E-state index < -0.39 is 7.12 Å². The minimum atomic E-state index is -0.507. The normalized spacial score (nSPS) is 20.0. The van der Waals surface area contributed by atoms with Crippen LogP contribution in [0.2, 0.25) is 0 Å². The lowest BCUT2D eigenvalue weighted by Crippen LogP contribution is -2.41. The maximum absolute atomic E-state index is 6.00. The molecule has 0 radical (unpaired) electrons. The Bertz CT molecular complexity index is 652. The molecule has 0 atom stereocenters. The summed E-state index contributed by atoms with van der Waals surface area (Å²) < 4.78 is 13.8. The van der Waals surface area contributed by atoms with Crippen molar-refractivity contribution < 1.29 is 9.31 Å². The molecule has 0 saturated carbocycles. The highest BCUT2D eigenvalue weighted by atomic mass is 16.7. The second-order valence-electron chi connectivity index (χ2n) is 6.31. The SMILES string of the molecule is Cc1cn(-c2cncc(B3OC(C)(C)C(C)(C)O3)n2)cn1. The second-order valence-corrected chi connectivity index (χ2v) is 6.31. The minimum absolute atomic E-state index is 0.388. The van der Waals surface area contributed by atoms with Crippen molar-refractivity contribution >= 4 is 12.7 Å². The molecule has 0 N–H and O–H groups in total. The van der Waals surface area contributed by atoms with E-state index in [0.717, 1.165) is 5.69 Å². The minimum Gasteiger partial charge on any atom is -0.398 e. The van der Waals surface area contributed by atoms with Crippen LogP contribution in [0.25, 0.3) is 5.82 Å². The fraction of sp³-hybridized carbons (Fsp3) is 0.500. The van der Waals surface area contributed by atoms with Crippen molar-refractivity contribution in [2.45, 2.75) is 45.8 Å². The molecule has 0 unspecified atom stereocenters. The average molecular weight is 286 g/mol. The zero-order valence-corrected chi connectivity index (χ0v) is 13.0. The van der Waals surface area contributed by atoms with Gasteiger partial charge in [0.25, 0.3) is 0 Å². The molecule has 0 aromatic carbocycles. The smallest absolute Gasteiger partial charge is 0.398 e. The molecular weight excluding hydrogens is 267 g/mol. The summed E-state index contributed by atoms with van der Waals surface area (Å²) in [6, 6.07) is 0. The number of hydrogen-bond acceptors (Lipinski definition) is 5. The van der Waals surface area contributed by atoms with Crippen LogP contribution in [-0.4, -0.2) is 37.8 Å². The molecule has 3 rings (SSSR count). The number of hydrogen-bond donors (Lipinski definition) is 0. The maximum atomic E-state index is 6.00. The Hall–Kier alpha value is -1.73. The van der Waals surface area contributed by atoms with E-state index in [1.54, 1.807) is 18.7 Å². The van der Waals surface area contributed by atoms with E-state index in [9.17, 15) is 0 Å². The summed E-state index contributed by atoms with van der Waals surface area (Å²) in [4.78, 5) is 13.0. The van der Waals surface area contributed by atoms with Gasteiger partial charge >= 0.3 is 7.12 Å². The number of aromatic nitrogens is 4. The Balaban J connectivity index is 1.91. The molecule has 1 saturated heterocycles. The van der Waals surface area contributed by atoms with Crippen LogP contribution in [0.5, 0.6) is 0 Å². The van der Waals surface area contributed by atoms with E-state index >= 15 is 0 Å². The quantitative estimate of drug-likeness (QED) is 0.778. The van der Waals surface area contributed by atoms with Gasteiger partial charge in [0.05, 0.1) is 28.7 Å². The highest BCUT2D eigenvalue weighted by Crippen LogP contribution is 2.36. The Morgan fingerprint density at radius 3 is 2.33 bits per heavy atom. The van der Waals surface area contributed by atoms with Crippen LogP contribution < -0.4 is 5.59 Å². The van der Waals surface area contributed by atoms with Crippen molar-refractivity contribution in [3.8, 4) is 5.82 Å². The maximum Gasteiger partial charge on any atom is 0.516 e. The molecule has 1 aliphatic rings. The highest BCUT2D eigenvalue weighted by Gasteiger charge is 2.52. The van der Waals surface area contributed by atoms with Crippen LogP contribution >= 0.6 is 0 Å². The third-order valence-electron chi connectivity index (χ3n) is 4.11. The molecule has 0 aliphatic carbocycles. The van der Waals surface area contributed by atoms with Crippen LogP contribution in [0.1, 0.15) is 33.4 Å². The fourth-order valence-electron chi connectivity index (χ4n) is 2.12. The average Bonchev–Trinajstić information content (AvgIpc) is 2.92. The van der Waals surface area contributed by atoms with E-state index in [2.05, 4.69) is 15.0 Å². The Morgan fingerprint density at radius 2 is 1.76 bits per heavy atom. The van der Waals surface area contributed by atoms with Gasteiger partial charge in [-0.15, -0.1) is 0 Å². The van der Waals surface area contributed by atoms with Gasteiger partial charge in [-0.05, 0) is 34.6 Å². The number of imidazole rings is 1. The molecule has 3 heterocycles. The molecule has 1 aliphatic heterocycles. The van der Waals surface area contributed by atoms with Gasteiger partial charge in [0, 0.05) is 12.4 Å². The van der Waals surface area contributed by atoms with E-state index in [0.29, 0.717) is 11.4 Å². The number of aryl methyl sites for hydroxylation is 1. The van der Waals surface area contributed by atoms with Crippen LogP contribution in [0.15, 0.2) is 24.9 Å². The third kappa shape index (κ3) is 2.47. The van der Waals surface area contributed by atoms with Gasteiger partial charge in [0.1, 0.15) is 6.33 Å². The summed E-state index contributed by atoms with van der Waals surface area (Å²) in [5.74, 6) is 0.697. The number of nitrogens with zero attached hydrogens (tertiary/aromatic N) is 4. The van der Waals surface area contributed by atoms with E-state index in [1.165, 1.54) is 0 Å². The first-order chi connectivity index (χ1) is 9.78. The lowest BCUT2D eigenvalue weighted by Gasteiger charge is -2.32. The molecular formula is C14H19BN4O2. The monoisotopic (exact) mass is 286 g/mol. The van der Waals surface area contributed by atoms with Gasteiger partial charge in [-0.1, -0.05) is 0 Å². The molecule has 21 heavy (non-hydrogen) atoms. The lowest BCUT2D eigenvalue weighted by atomic mass is 9.85. The van der Waals surface area contributed by atoms with Gasteiger partial charge in [-0.25, -0.2) is 9.97 Å². The first-order valence-electron chi connectivity index (χ1n) is 6.97. The Labute approximate surface area is 124 Å². The standard InChI is InChI=1S/C14H19BN4O2/c1-10-8-19(9-17-10)12-7-16-6-11(18-12)15-20-13(2,3)14(4,5)21-15/h6-9H,1-5H3.